The van der Waals surface area contributed by atoms with Gasteiger partial charge in [-0.05, 0) is 69.9 Å². The molecular weight excluding hydrogens is 302 g/mol. The van der Waals surface area contributed by atoms with Crippen molar-refractivity contribution in [3.63, 3.8) is 0 Å². The maximum Gasteiger partial charge on any atom is 0.243 e. The first kappa shape index (κ1) is 15.6. The summed E-state index contributed by atoms with van der Waals surface area (Å²) in [6.07, 6.45) is 3.07. The fourth-order valence-electron chi connectivity index (χ4n) is 2.57. The molecule has 0 spiro atoms. The number of aromatic hydroxyl groups is 2. The number of carbonyl (C=O) groups excluding carboxylic acids is 1. The van der Waals surface area contributed by atoms with Crippen LogP contribution in [0.3, 0.4) is 0 Å². The molecule has 1 amide bonds. The van der Waals surface area contributed by atoms with Crippen LogP contribution in [-0.2, 0) is 4.79 Å². The largest absolute Gasteiger partial charge is 0.508 e. The van der Waals surface area contributed by atoms with Gasteiger partial charge in [-0.1, -0.05) is 18.2 Å². The fourth-order valence-corrected chi connectivity index (χ4v) is 2.57. The van der Waals surface area contributed by atoms with Gasteiger partial charge in [0, 0.05) is 13.1 Å². The van der Waals surface area contributed by atoms with Crippen molar-refractivity contribution in [1.82, 2.24) is 5.32 Å². The third-order valence-electron chi connectivity index (χ3n) is 3.77. The van der Waals surface area contributed by atoms with Crippen LogP contribution in [0.2, 0.25) is 0 Å². The number of likely N-dealkylation sites (N-methyl/N-ethyl adjacent to an activating group) is 1. The van der Waals surface area contributed by atoms with Crippen LogP contribution in [0.25, 0.3) is 28.0 Å². The molecule has 0 fully saturated rings. The molecule has 0 aliphatic heterocycles. The lowest BCUT2D eigenvalue weighted by atomic mass is 9.99. The van der Waals surface area contributed by atoms with Crippen molar-refractivity contribution < 1.29 is 15.0 Å². The van der Waals surface area contributed by atoms with Crippen molar-refractivity contribution in [2.24, 2.45) is 0 Å². The topological polar surface area (TPSA) is 69.6 Å². The molecule has 0 heterocycles. The zero-order valence-electron chi connectivity index (χ0n) is 13.2. The van der Waals surface area contributed by atoms with Gasteiger partial charge in [0.05, 0.1) is 0 Å². The van der Waals surface area contributed by atoms with E-state index in [1.807, 2.05) is 30.3 Å². The first-order chi connectivity index (χ1) is 11.5. The minimum absolute atomic E-state index is 0.134. The zero-order valence-corrected chi connectivity index (χ0v) is 13.2. The van der Waals surface area contributed by atoms with E-state index in [-0.39, 0.29) is 17.4 Å². The Morgan fingerprint density at radius 3 is 2.42 bits per heavy atom. The van der Waals surface area contributed by atoms with Crippen LogP contribution >= 0.6 is 0 Å². The standard InChI is InChI=1S/C20H17NO3/c1-21-20(24)7-2-13-8-17(12-19(23)9-13)15-3-4-16-11-18(22)6-5-14(16)10-15/h2-12,22-23H,1H3,(H,21,24)/b7-2+. The lowest BCUT2D eigenvalue weighted by Gasteiger charge is -2.07. The normalized spacial score (nSPS) is 11.0. The Hall–Kier alpha value is -3.27. The summed E-state index contributed by atoms with van der Waals surface area (Å²) in [6, 6.07) is 16.2. The number of fused-ring (bicyclic) bond motifs is 1. The molecule has 120 valence electrons. The number of carbonyl (C=O) groups is 1. The molecule has 4 nitrogen and oxygen atoms in total. The lowest BCUT2D eigenvalue weighted by Crippen LogP contribution is -2.13. The molecular formula is C20H17NO3. The van der Waals surface area contributed by atoms with Crippen molar-refractivity contribution >= 4 is 22.8 Å². The van der Waals surface area contributed by atoms with Gasteiger partial charge in [0.25, 0.3) is 0 Å². The van der Waals surface area contributed by atoms with E-state index in [1.54, 1.807) is 37.4 Å². The quantitative estimate of drug-likeness (QED) is 0.645. The Morgan fingerprint density at radius 1 is 0.875 bits per heavy atom. The molecule has 0 unspecified atom stereocenters. The Morgan fingerprint density at radius 2 is 1.62 bits per heavy atom. The Bertz CT molecular complexity index is 945. The highest BCUT2D eigenvalue weighted by atomic mass is 16.3. The van der Waals surface area contributed by atoms with Gasteiger partial charge in [-0.2, -0.15) is 0 Å². The molecule has 3 aromatic carbocycles. The van der Waals surface area contributed by atoms with Crippen molar-refractivity contribution in [3.8, 4) is 22.6 Å². The maximum absolute atomic E-state index is 11.3. The number of hydrogen-bond acceptors (Lipinski definition) is 3. The van der Waals surface area contributed by atoms with Crippen LogP contribution in [0.4, 0.5) is 0 Å². The van der Waals surface area contributed by atoms with Crippen LogP contribution in [0.5, 0.6) is 11.5 Å². The second kappa shape index (κ2) is 6.46. The predicted molar refractivity (Wildman–Crippen MR) is 95.8 cm³/mol. The molecule has 0 saturated heterocycles. The second-order valence-electron chi connectivity index (χ2n) is 5.51. The van der Waals surface area contributed by atoms with E-state index >= 15 is 0 Å². The molecule has 4 heteroatoms. The summed E-state index contributed by atoms with van der Waals surface area (Å²) in [6.45, 7) is 0. The van der Waals surface area contributed by atoms with Crippen molar-refractivity contribution in [2.45, 2.75) is 0 Å². The minimum atomic E-state index is -0.203. The van der Waals surface area contributed by atoms with Crippen LogP contribution in [0, 0.1) is 0 Å². The van der Waals surface area contributed by atoms with E-state index < -0.39 is 0 Å². The number of hydrogen-bond donors (Lipinski definition) is 3. The molecule has 0 saturated carbocycles. The zero-order chi connectivity index (χ0) is 17.1. The molecule has 0 bridgehead atoms. The summed E-state index contributed by atoms with van der Waals surface area (Å²) in [5.41, 5.74) is 2.53. The first-order valence-corrected chi connectivity index (χ1v) is 7.52. The molecule has 0 aliphatic carbocycles. The van der Waals surface area contributed by atoms with E-state index in [1.165, 1.54) is 6.08 Å². The molecule has 0 radical (unpaired) electrons. The van der Waals surface area contributed by atoms with E-state index in [2.05, 4.69) is 5.32 Å². The van der Waals surface area contributed by atoms with E-state index in [4.69, 9.17) is 0 Å². The van der Waals surface area contributed by atoms with Crippen molar-refractivity contribution in [1.29, 1.82) is 0 Å². The maximum atomic E-state index is 11.3. The van der Waals surface area contributed by atoms with Crippen molar-refractivity contribution in [2.75, 3.05) is 7.05 Å². The summed E-state index contributed by atoms with van der Waals surface area (Å²) in [4.78, 5) is 11.3. The van der Waals surface area contributed by atoms with Crippen LogP contribution in [0.15, 0.2) is 60.7 Å². The summed E-state index contributed by atoms with van der Waals surface area (Å²) in [5, 5.41) is 24.0. The van der Waals surface area contributed by atoms with Gasteiger partial charge in [-0.15, -0.1) is 0 Å². The highest BCUT2D eigenvalue weighted by Gasteiger charge is 2.04. The Balaban J connectivity index is 2.02. The molecule has 24 heavy (non-hydrogen) atoms. The number of nitrogens with one attached hydrogen (secondary N) is 1. The second-order valence-corrected chi connectivity index (χ2v) is 5.51. The van der Waals surface area contributed by atoms with E-state index in [0.29, 0.717) is 0 Å². The molecule has 3 aromatic rings. The molecule has 0 atom stereocenters. The van der Waals surface area contributed by atoms with Crippen molar-refractivity contribution in [3.05, 3.63) is 66.2 Å². The highest BCUT2D eigenvalue weighted by molar-refractivity contribution is 5.92. The number of phenolic OH excluding ortho intramolecular Hbond substituents is 2. The summed E-state index contributed by atoms with van der Waals surface area (Å²) in [7, 11) is 1.56. The SMILES string of the molecule is CNC(=O)/C=C/c1cc(O)cc(-c2ccc3cc(O)ccc3c2)c1. The summed E-state index contributed by atoms with van der Waals surface area (Å²) < 4.78 is 0. The van der Waals surface area contributed by atoms with Gasteiger partial charge >= 0.3 is 0 Å². The molecule has 3 N–H and O–H groups in total. The number of rotatable bonds is 3. The van der Waals surface area contributed by atoms with Gasteiger partial charge in [0.1, 0.15) is 11.5 Å². The average Bonchev–Trinajstić information content (AvgIpc) is 2.58. The summed E-state index contributed by atoms with van der Waals surface area (Å²) >= 11 is 0. The van der Waals surface area contributed by atoms with Gasteiger partial charge in [-0.25, -0.2) is 0 Å². The third-order valence-corrected chi connectivity index (χ3v) is 3.77. The average molecular weight is 319 g/mol. The fraction of sp³-hybridized carbons (Fsp3) is 0.0500. The van der Waals surface area contributed by atoms with Crippen LogP contribution < -0.4 is 5.32 Å². The Labute approximate surface area is 139 Å². The predicted octanol–water partition coefficient (Wildman–Crippen LogP) is 3.68. The smallest absolute Gasteiger partial charge is 0.243 e. The molecule has 0 aromatic heterocycles. The first-order valence-electron chi connectivity index (χ1n) is 7.52. The summed E-state index contributed by atoms with van der Waals surface area (Å²) in [5.74, 6) is 0.162. The monoisotopic (exact) mass is 319 g/mol. The van der Waals surface area contributed by atoms with E-state index in [9.17, 15) is 15.0 Å². The third kappa shape index (κ3) is 3.38. The lowest BCUT2D eigenvalue weighted by molar-refractivity contribution is -0.115. The minimum Gasteiger partial charge on any atom is -0.508 e. The number of benzene rings is 3. The van der Waals surface area contributed by atoms with Gasteiger partial charge < -0.3 is 15.5 Å². The van der Waals surface area contributed by atoms with Crippen LogP contribution in [-0.4, -0.2) is 23.2 Å². The Kier molecular flexibility index (Phi) is 4.20. The van der Waals surface area contributed by atoms with E-state index in [0.717, 1.165) is 27.5 Å². The van der Waals surface area contributed by atoms with Gasteiger partial charge in [-0.3, -0.25) is 4.79 Å². The molecule has 0 aliphatic rings. The van der Waals surface area contributed by atoms with Gasteiger partial charge in [0.15, 0.2) is 0 Å². The number of phenols is 2. The highest BCUT2D eigenvalue weighted by Crippen LogP contribution is 2.30. The molecule has 3 rings (SSSR count). The number of amides is 1. The van der Waals surface area contributed by atoms with Crippen LogP contribution in [0.1, 0.15) is 5.56 Å². The van der Waals surface area contributed by atoms with Gasteiger partial charge in [0.2, 0.25) is 5.91 Å².